The summed E-state index contributed by atoms with van der Waals surface area (Å²) < 4.78 is 3.87. The minimum absolute atomic E-state index is 0.0336. The second kappa shape index (κ2) is 7.52. The van der Waals surface area contributed by atoms with Gasteiger partial charge in [-0.25, -0.2) is 4.98 Å². The summed E-state index contributed by atoms with van der Waals surface area (Å²) in [5, 5.41) is 1.48. The lowest BCUT2D eigenvalue weighted by atomic mass is 10.2. The molecule has 0 aliphatic carbocycles. The van der Waals surface area contributed by atoms with Gasteiger partial charge in [-0.3, -0.25) is 9.36 Å². The molecule has 0 aliphatic rings. The predicted octanol–water partition coefficient (Wildman–Crippen LogP) is 4.77. The average Bonchev–Trinajstić information content (AvgIpc) is 2.53. The molecule has 1 heterocycles. The SMILES string of the molecule is CCSc1nc2c(I)cc(I)cc2c(=O)n1Cc1ccccc1. The number of nitrogens with zero attached hydrogens (tertiary/aromatic N) is 2. The van der Waals surface area contributed by atoms with Gasteiger partial charge >= 0.3 is 0 Å². The van der Waals surface area contributed by atoms with Crippen LogP contribution in [0.4, 0.5) is 0 Å². The summed E-state index contributed by atoms with van der Waals surface area (Å²) in [7, 11) is 0. The third kappa shape index (κ3) is 3.74. The summed E-state index contributed by atoms with van der Waals surface area (Å²) >= 11 is 6.11. The molecule has 0 fully saturated rings. The van der Waals surface area contributed by atoms with Gasteiger partial charge in [0.25, 0.3) is 5.56 Å². The van der Waals surface area contributed by atoms with Crippen LogP contribution >= 0.6 is 56.9 Å². The van der Waals surface area contributed by atoms with E-state index < -0.39 is 0 Å². The van der Waals surface area contributed by atoms with Crippen LogP contribution < -0.4 is 5.56 Å². The highest BCUT2D eigenvalue weighted by Gasteiger charge is 2.14. The summed E-state index contributed by atoms with van der Waals surface area (Å²) in [5.74, 6) is 0.883. The van der Waals surface area contributed by atoms with Gasteiger partial charge in [0.05, 0.1) is 17.4 Å². The van der Waals surface area contributed by atoms with E-state index in [2.05, 4.69) is 58.2 Å². The van der Waals surface area contributed by atoms with E-state index in [0.717, 1.165) is 29.1 Å². The van der Waals surface area contributed by atoms with Crippen molar-refractivity contribution >= 4 is 67.8 Å². The minimum atomic E-state index is 0.0336. The standard InChI is InChI=1S/C17H14I2N2OS/c1-2-23-17-20-15-13(8-12(18)9-14(15)19)16(22)21(17)10-11-6-4-3-5-7-11/h3-9H,2,10H2,1H3. The van der Waals surface area contributed by atoms with E-state index in [1.807, 2.05) is 36.4 Å². The zero-order valence-electron chi connectivity index (χ0n) is 12.4. The first-order valence-corrected chi connectivity index (χ1v) is 10.3. The van der Waals surface area contributed by atoms with E-state index in [-0.39, 0.29) is 5.56 Å². The van der Waals surface area contributed by atoms with E-state index in [1.165, 1.54) is 0 Å². The van der Waals surface area contributed by atoms with Gasteiger partial charge in [0.15, 0.2) is 5.16 Å². The number of rotatable bonds is 4. The van der Waals surface area contributed by atoms with Crippen molar-refractivity contribution < 1.29 is 0 Å². The van der Waals surface area contributed by atoms with Gasteiger partial charge in [0.1, 0.15) is 0 Å². The van der Waals surface area contributed by atoms with Gasteiger partial charge in [0.2, 0.25) is 0 Å². The average molecular weight is 548 g/mol. The molecule has 0 radical (unpaired) electrons. The molecule has 6 heteroatoms. The van der Waals surface area contributed by atoms with Gasteiger partial charge in [-0.1, -0.05) is 49.0 Å². The fraction of sp³-hybridized carbons (Fsp3) is 0.176. The Bertz CT molecular complexity index is 910. The lowest BCUT2D eigenvalue weighted by Crippen LogP contribution is -2.24. The van der Waals surface area contributed by atoms with Crippen molar-refractivity contribution in [2.45, 2.75) is 18.6 Å². The third-order valence-corrected chi connectivity index (χ3v) is 5.70. The molecule has 0 unspecified atom stereocenters. The Kier molecular flexibility index (Phi) is 5.63. The third-order valence-electron chi connectivity index (χ3n) is 3.40. The van der Waals surface area contributed by atoms with Gasteiger partial charge in [-0.2, -0.15) is 0 Å². The molecule has 0 atom stereocenters. The fourth-order valence-electron chi connectivity index (χ4n) is 2.38. The van der Waals surface area contributed by atoms with Crippen LogP contribution in [0.2, 0.25) is 0 Å². The van der Waals surface area contributed by atoms with Crippen LogP contribution in [0.25, 0.3) is 10.9 Å². The number of benzene rings is 2. The summed E-state index contributed by atoms with van der Waals surface area (Å²) in [6.45, 7) is 2.62. The highest BCUT2D eigenvalue weighted by molar-refractivity contribution is 14.1. The summed E-state index contributed by atoms with van der Waals surface area (Å²) in [4.78, 5) is 17.8. The van der Waals surface area contributed by atoms with Gasteiger partial charge < -0.3 is 0 Å². The normalized spacial score (nSPS) is 11.1. The molecule has 0 amide bonds. The largest absolute Gasteiger partial charge is 0.283 e. The zero-order valence-corrected chi connectivity index (χ0v) is 17.6. The van der Waals surface area contributed by atoms with Crippen LogP contribution in [0, 0.1) is 7.14 Å². The smallest absolute Gasteiger partial charge is 0.262 e. The molecule has 0 saturated carbocycles. The van der Waals surface area contributed by atoms with E-state index in [0.29, 0.717) is 11.9 Å². The number of hydrogen-bond acceptors (Lipinski definition) is 3. The van der Waals surface area contributed by atoms with E-state index >= 15 is 0 Å². The van der Waals surface area contributed by atoms with E-state index in [1.54, 1.807) is 16.3 Å². The molecule has 118 valence electrons. The van der Waals surface area contributed by atoms with Crippen molar-refractivity contribution in [2.75, 3.05) is 5.75 Å². The Hall–Kier alpha value is -0.610. The molecule has 3 aromatic rings. The second-order valence-electron chi connectivity index (χ2n) is 4.99. The molecule has 0 aliphatic heterocycles. The number of thioether (sulfide) groups is 1. The monoisotopic (exact) mass is 548 g/mol. The Morgan fingerprint density at radius 2 is 1.91 bits per heavy atom. The number of halogens is 2. The summed E-state index contributed by atoms with van der Waals surface area (Å²) in [6.07, 6.45) is 0. The molecule has 3 nitrogen and oxygen atoms in total. The van der Waals surface area contributed by atoms with Crippen LogP contribution in [0.15, 0.2) is 52.4 Å². The first-order valence-electron chi connectivity index (χ1n) is 7.16. The molecule has 2 aromatic carbocycles. The zero-order chi connectivity index (χ0) is 16.4. The Morgan fingerprint density at radius 3 is 2.61 bits per heavy atom. The first-order chi connectivity index (χ1) is 11.1. The van der Waals surface area contributed by atoms with Crippen molar-refractivity contribution in [2.24, 2.45) is 0 Å². The van der Waals surface area contributed by atoms with Crippen molar-refractivity contribution in [3.05, 3.63) is 65.5 Å². The summed E-state index contributed by atoms with van der Waals surface area (Å²) in [5.41, 5.74) is 1.94. The minimum Gasteiger partial charge on any atom is -0.283 e. The fourth-order valence-corrected chi connectivity index (χ4v) is 5.06. The van der Waals surface area contributed by atoms with Crippen molar-refractivity contribution in [1.82, 2.24) is 9.55 Å². The van der Waals surface area contributed by atoms with Crippen LogP contribution in [0.3, 0.4) is 0 Å². The second-order valence-corrected chi connectivity index (χ2v) is 8.63. The quantitative estimate of drug-likeness (QED) is 0.268. The van der Waals surface area contributed by atoms with Crippen molar-refractivity contribution in [3.63, 3.8) is 0 Å². The lowest BCUT2D eigenvalue weighted by molar-refractivity contribution is 0.658. The van der Waals surface area contributed by atoms with Crippen LogP contribution in [0.1, 0.15) is 12.5 Å². The maximum atomic E-state index is 13.0. The number of hydrogen-bond donors (Lipinski definition) is 0. The van der Waals surface area contributed by atoms with Crippen LogP contribution in [-0.4, -0.2) is 15.3 Å². The van der Waals surface area contributed by atoms with Gasteiger partial charge in [-0.05, 0) is 68.6 Å². The number of aromatic nitrogens is 2. The van der Waals surface area contributed by atoms with Crippen LogP contribution in [0.5, 0.6) is 0 Å². The maximum Gasteiger partial charge on any atom is 0.262 e. The Labute approximate surface area is 166 Å². The molecule has 3 rings (SSSR count). The predicted molar refractivity (Wildman–Crippen MR) is 113 cm³/mol. The van der Waals surface area contributed by atoms with Gasteiger partial charge in [-0.15, -0.1) is 0 Å². The van der Waals surface area contributed by atoms with Gasteiger partial charge in [0, 0.05) is 7.14 Å². The molecular formula is C17H14I2N2OS. The molecule has 1 aromatic heterocycles. The van der Waals surface area contributed by atoms with Crippen molar-refractivity contribution in [3.8, 4) is 0 Å². The Morgan fingerprint density at radius 1 is 1.17 bits per heavy atom. The maximum absolute atomic E-state index is 13.0. The first kappa shape index (κ1) is 17.2. The molecule has 0 N–H and O–H groups in total. The highest BCUT2D eigenvalue weighted by Crippen LogP contribution is 2.24. The molecular weight excluding hydrogens is 534 g/mol. The summed E-state index contributed by atoms with van der Waals surface area (Å²) in [6, 6.07) is 14.0. The molecule has 0 saturated heterocycles. The Balaban J connectivity index is 2.24. The van der Waals surface area contributed by atoms with Crippen LogP contribution in [-0.2, 0) is 6.54 Å². The van der Waals surface area contributed by atoms with Crippen molar-refractivity contribution in [1.29, 1.82) is 0 Å². The highest BCUT2D eigenvalue weighted by atomic mass is 127. The molecule has 0 bridgehead atoms. The molecule has 23 heavy (non-hydrogen) atoms. The lowest BCUT2D eigenvalue weighted by Gasteiger charge is -2.13. The van der Waals surface area contributed by atoms with E-state index in [9.17, 15) is 4.79 Å². The number of fused-ring (bicyclic) bond motifs is 1. The molecule has 0 spiro atoms. The topological polar surface area (TPSA) is 34.9 Å². The van der Waals surface area contributed by atoms with E-state index in [4.69, 9.17) is 4.98 Å².